The van der Waals surface area contributed by atoms with E-state index < -0.39 is 0 Å². The van der Waals surface area contributed by atoms with Crippen LogP contribution in [0.4, 0.5) is 0 Å². The molecule has 2 aliphatic rings. The molecule has 2 atom stereocenters. The normalized spacial score (nSPS) is 21.6. The van der Waals surface area contributed by atoms with E-state index in [9.17, 15) is 0 Å². The van der Waals surface area contributed by atoms with E-state index in [2.05, 4.69) is 80.4 Å². The summed E-state index contributed by atoms with van der Waals surface area (Å²) >= 11 is 0. The lowest BCUT2D eigenvalue weighted by atomic mass is 9.95. The number of tetrazole rings is 1. The summed E-state index contributed by atoms with van der Waals surface area (Å²) in [6.07, 6.45) is 9.70. The van der Waals surface area contributed by atoms with Crippen molar-refractivity contribution in [3.63, 3.8) is 0 Å². The number of benzene rings is 2. The van der Waals surface area contributed by atoms with Crippen LogP contribution < -0.4 is 5.32 Å². The zero-order chi connectivity index (χ0) is 24.9. The number of hydrogen-bond acceptors (Lipinski definition) is 6. The van der Waals surface area contributed by atoms with Gasteiger partial charge in [-0.2, -0.15) is 5.10 Å². The Hall–Kier alpha value is -3.43. The number of nitrogens with zero attached hydrogens (tertiary/aromatic N) is 8. The standard InChI is InChI=1S/C28H36N9/c1-2-7-23(8-3-1)20-36-28(32-33-34-36)27(25-13-11-24(12-14-25)19-35-22-30-21-31-35)37(26-9-4-5-10-26)17-6-15-29-16-18-37/h1-3,7-8,11-14,21-22,26-27,29H,4-6,9-10,15-20H2/q+1. The molecular formula is C28H36N9+. The smallest absolute Gasteiger partial charge is 0.214 e. The number of nitrogens with one attached hydrogen (secondary N) is 1. The molecule has 2 unspecified atom stereocenters. The number of aromatic nitrogens is 7. The van der Waals surface area contributed by atoms with Gasteiger partial charge in [-0.1, -0.05) is 54.6 Å². The van der Waals surface area contributed by atoms with Crippen LogP contribution in [-0.4, -0.2) is 71.7 Å². The topological polar surface area (TPSA) is 86.3 Å². The summed E-state index contributed by atoms with van der Waals surface area (Å²) in [4.78, 5) is 4.08. The molecule has 2 fully saturated rings. The van der Waals surface area contributed by atoms with Crippen molar-refractivity contribution in [2.45, 2.75) is 57.3 Å². The fraction of sp³-hybridized carbons (Fsp3) is 0.464. The lowest BCUT2D eigenvalue weighted by Gasteiger charge is -2.48. The van der Waals surface area contributed by atoms with Gasteiger partial charge in [0, 0.05) is 25.1 Å². The molecule has 2 aromatic carbocycles. The van der Waals surface area contributed by atoms with Gasteiger partial charge in [0.15, 0.2) is 6.04 Å². The van der Waals surface area contributed by atoms with Gasteiger partial charge in [-0.15, -0.1) is 5.10 Å². The van der Waals surface area contributed by atoms with E-state index in [4.69, 9.17) is 5.10 Å². The quantitative estimate of drug-likeness (QED) is 0.376. The number of rotatable bonds is 8. The van der Waals surface area contributed by atoms with Crippen LogP contribution in [0, 0.1) is 0 Å². The van der Waals surface area contributed by atoms with Crippen LogP contribution in [0.5, 0.6) is 0 Å². The van der Waals surface area contributed by atoms with Crippen molar-refractivity contribution in [2.75, 3.05) is 26.2 Å². The summed E-state index contributed by atoms with van der Waals surface area (Å²) in [5.74, 6) is 0.974. The van der Waals surface area contributed by atoms with Crippen molar-refractivity contribution >= 4 is 0 Å². The molecule has 0 amide bonds. The van der Waals surface area contributed by atoms with Crippen LogP contribution in [0.1, 0.15) is 60.7 Å². The highest BCUT2D eigenvalue weighted by Gasteiger charge is 2.48. The Kier molecular flexibility index (Phi) is 7.05. The molecule has 2 aromatic heterocycles. The maximum absolute atomic E-state index is 4.74. The van der Waals surface area contributed by atoms with E-state index in [1.54, 1.807) is 12.7 Å². The van der Waals surface area contributed by atoms with Gasteiger partial charge in [-0.05, 0) is 47.2 Å². The Morgan fingerprint density at radius 1 is 0.892 bits per heavy atom. The second-order valence-corrected chi connectivity index (χ2v) is 10.5. The summed E-state index contributed by atoms with van der Waals surface area (Å²) in [5.41, 5.74) is 3.71. The molecule has 0 radical (unpaired) electrons. The molecule has 3 heterocycles. The maximum atomic E-state index is 4.74. The van der Waals surface area contributed by atoms with Crippen LogP contribution in [0.3, 0.4) is 0 Å². The molecule has 192 valence electrons. The van der Waals surface area contributed by atoms with Gasteiger partial charge < -0.3 is 9.80 Å². The first-order valence-electron chi connectivity index (χ1n) is 13.6. The third-order valence-electron chi connectivity index (χ3n) is 8.28. The summed E-state index contributed by atoms with van der Waals surface area (Å²) in [6.45, 7) is 5.72. The maximum Gasteiger partial charge on any atom is 0.214 e. The van der Waals surface area contributed by atoms with Crippen LogP contribution in [0.2, 0.25) is 0 Å². The predicted molar refractivity (Wildman–Crippen MR) is 141 cm³/mol. The van der Waals surface area contributed by atoms with Gasteiger partial charge in [0.25, 0.3) is 0 Å². The molecule has 9 nitrogen and oxygen atoms in total. The molecule has 4 aromatic rings. The SMILES string of the molecule is c1ccc(Cn2nnnc2C(c2ccc(Cn3cncn3)cc2)[N+]2(C3CCCC3)CCCNCC2)cc1. The van der Waals surface area contributed by atoms with E-state index in [-0.39, 0.29) is 6.04 Å². The minimum absolute atomic E-state index is 0.0853. The molecule has 1 saturated heterocycles. The van der Waals surface area contributed by atoms with Crippen molar-refractivity contribution in [1.82, 2.24) is 40.3 Å². The minimum atomic E-state index is 0.0853. The first kappa shape index (κ1) is 23.9. The third-order valence-corrected chi connectivity index (χ3v) is 8.28. The van der Waals surface area contributed by atoms with E-state index >= 15 is 0 Å². The predicted octanol–water partition coefficient (Wildman–Crippen LogP) is 3.20. The molecule has 37 heavy (non-hydrogen) atoms. The highest BCUT2D eigenvalue weighted by atomic mass is 15.6. The van der Waals surface area contributed by atoms with Gasteiger partial charge in [-0.3, -0.25) is 0 Å². The van der Waals surface area contributed by atoms with E-state index in [0.717, 1.165) is 42.9 Å². The fourth-order valence-corrected chi connectivity index (χ4v) is 6.53. The van der Waals surface area contributed by atoms with Gasteiger partial charge in [0.1, 0.15) is 12.7 Å². The second kappa shape index (κ2) is 10.9. The van der Waals surface area contributed by atoms with Crippen LogP contribution >= 0.6 is 0 Å². The van der Waals surface area contributed by atoms with Crippen molar-refractivity contribution < 1.29 is 4.48 Å². The molecule has 1 aliphatic heterocycles. The summed E-state index contributed by atoms with van der Waals surface area (Å²) < 4.78 is 4.93. The van der Waals surface area contributed by atoms with E-state index in [1.165, 1.54) is 42.4 Å². The first-order chi connectivity index (χ1) is 18.3. The van der Waals surface area contributed by atoms with Gasteiger partial charge in [0.05, 0.1) is 32.2 Å². The molecule has 0 spiro atoms. The highest BCUT2D eigenvalue weighted by molar-refractivity contribution is 5.28. The first-order valence-corrected chi connectivity index (χ1v) is 13.6. The zero-order valence-electron chi connectivity index (χ0n) is 21.4. The van der Waals surface area contributed by atoms with E-state index in [0.29, 0.717) is 19.1 Å². The summed E-state index contributed by atoms with van der Waals surface area (Å²) in [7, 11) is 0. The Bertz CT molecular complexity index is 1240. The zero-order valence-corrected chi connectivity index (χ0v) is 21.4. The van der Waals surface area contributed by atoms with Gasteiger partial charge in [0.2, 0.25) is 5.82 Å². The molecule has 9 heteroatoms. The lowest BCUT2D eigenvalue weighted by molar-refractivity contribution is -0.972. The van der Waals surface area contributed by atoms with Crippen LogP contribution in [0.15, 0.2) is 67.3 Å². The Balaban J connectivity index is 1.42. The van der Waals surface area contributed by atoms with Crippen LogP contribution in [-0.2, 0) is 13.1 Å². The van der Waals surface area contributed by atoms with Crippen molar-refractivity contribution in [2.24, 2.45) is 0 Å². The van der Waals surface area contributed by atoms with Crippen molar-refractivity contribution in [3.8, 4) is 0 Å². The van der Waals surface area contributed by atoms with Crippen molar-refractivity contribution in [3.05, 3.63) is 89.8 Å². The molecule has 1 saturated carbocycles. The molecule has 1 aliphatic carbocycles. The Morgan fingerprint density at radius 3 is 2.49 bits per heavy atom. The number of quaternary nitrogens is 1. The van der Waals surface area contributed by atoms with E-state index in [1.807, 2.05) is 9.36 Å². The molecular weight excluding hydrogens is 462 g/mol. The molecule has 0 bridgehead atoms. The monoisotopic (exact) mass is 498 g/mol. The largest absolute Gasteiger partial charge is 0.311 e. The third kappa shape index (κ3) is 5.06. The Labute approximate surface area is 218 Å². The summed E-state index contributed by atoms with van der Waals surface area (Å²) in [6, 6.07) is 20.3. The average Bonchev–Trinajstić information content (AvgIpc) is 3.70. The van der Waals surface area contributed by atoms with Gasteiger partial charge in [-0.25, -0.2) is 14.3 Å². The lowest BCUT2D eigenvalue weighted by Crippen LogP contribution is -2.59. The average molecular weight is 499 g/mol. The minimum Gasteiger partial charge on any atom is -0.311 e. The second-order valence-electron chi connectivity index (χ2n) is 10.5. The highest BCUT2D eigenvalue weighted by Crippen LogP contribution is 2.42. The Morgan fingerprint density at radius 2 is 1.70 bits per heavy atom. The molecule has 6 rings (SSSR count). The molecule has 1 N–H and O–H groups in total. The summed E-state index contributed by atoms with van der Waals surface area (Å²) in [5, 5.41) is 21.4. The van der Waals surface area contributed by atoms with Crippen molar-refractivity contribution in [1.29, 1.82) is 0 Å². The van der Waals surface area contributed by atoms with Gasteiger partial charge >= 0.3 is 0 Å². The fourth-order valence-electron chi connectivity index (χ4n) is 6.53. The van der Waals surface area contributed by atoms with Crippen LogP contribution in [0.25, 0.3) is 0 Å². The number of hydrogen-bond donors (Lipinski definition) is 1.